The molecule has 0 aromatic heterocycles. The molecule has 0 fully saturated rings. The van der Waals surface area contributed by atoms with Gasteiger partial charge >= 0.3 is 0 Å². The lowest BCUT2D eigenvalue weighted by molar-refractivity contribution is -0.130. The van der Waals surface area contributed by atoms with Crippen LogP contribution in [0.3, 0.4) is 0 Å². The fourth-order valence-corrected chi connectivity index (χ4v) is 12.4. The average Bonchev–Trinajstić information content (AvgIpc) is 0.913. The normalized spacial score (nSPS) is 17.1. The summed E-state index contributed by atoms with van der Waals surface area (Å²) in [5.74, 6) is 7.27. The molecule has 7 aliphatic heterocycles. The molecule has 7 N–H and O–H groups in total. The lowest BCUT2D eigenvalue weighted by Gasteiger charge is -2.21. The van der Waals surface area contributed by atoms with E-state index in [1.807, 2.05) is 154 Å². The van der Waals surface area contributed by atoms with E-state index in [0.717, 1.165) is 155 Å². The highest BCUT2D eigenvalue weighted by Gasteiger charge is 2.31. The quantitative estimate of drug-likeness (QED) is 0.0978. The van der Waals surface area contributed by atoms with E-state index in [1.54, 1.807) is 33.4 Å². The summed E-state index contributed by atoms with van der Waals surface area (Å²) in [6, 6.07) is 44.9. The number of nitrogen functional groups attached to an aromatic ring is 3. The number of carbonyl (C=O) groups excluding carboxylic acids is 1. The standard InChI is InChI=1S/C22H26N2O4.C19H19N3O3.C17H17N3O2.C17H15N3O2/c1-7-15-13(2)23-24-22(14-8-9-18(25-3)19(10-14)26-4)17-12-21(28-6)20(27-5)11-16(15)17;1-11-7-14-8-17-18(25-10-24-17)9-16(14)19(21-22(11)12(2)23)13-3-5-15(20)6-4-13;2*1-10-6-12-7-15-16(22-9-21-15)8-14(12)17(20-19-10)11-2-4-13(18)5-3-11/h8-12,15H,7H2,1-6H3;3-6,8-9,11H,7,10,20H2,1-2H3;2-5,7-8,10,19H,6,9,18H2,1H3;2-5,7-8H,6,9,18H2,1H3. The first-order chi connectivity index (χ1) is 47.0. The molecule has 7 aliphatic rings. The molecule has 0 saturated carbocycles. The minimum absolute atomic E-state index is 0.0529. The summed E-state index contributed by atoms with van der Waals surface area (Å²) in [7, 11) is 6.51. The summed E-state index contributed by atoms with van der Waals surface area (Å²) in [6.45, 7) is 12.5. The SMILES string of the molecule is CC(=O)N1N=C(c2ccc(N)cc2)c2cc3c(cc2CC1C)OCO3.CC1=NN=C(c2ccc(N)cc2)c2cc3c(cc2C1)OCO3.CC1Cc2cc3c(cc2C(c2ccc(N)cc2)=NN1)OCO3.CCC1C(C)=NN=C(c2ccc(OC)c(OC)c2)c2cc(OC)c(OC)cc21. The fraction of sp³-hybridized carbons (Fsp3) is 0.267. The van der Waals surface area contributed by atoms with Crippen LogP contribution in [0.25, 0.3) is 0 Å². The van der Waals surface area contributed by atoms with Crippen molar-refractivity contribution in [1.29, 1.82) is 0 Å². The molecule has 3 unspecified atom stereocenters. The molecule has 22 nitrogen and oxygen atoms in total. The first-order valence-electron chi connectivity index (χ1n) is 31.8. The summed E-state index contributed by atoms with van der Waals surface area (Å²) in [4.78, 5) is 12.1. The highest BCUT2D eigenvalue weighted by atomic mass is 16.7. The van der Waals surface area contributed by atoms with Gasteiger partial charge in [0.15, 0.2) is 57.5 Å². The van der Waals surface area contributed by atoms with E-state index < -0.39 is 0 Å². The van der Waals surface area contributed by atoms with Gasteiger partial charge in [0.2, 0.25) is 26.3 Å². The van der Waals surface area contributed by atoms with Crippen LogP contribution in [0.4, 0.5) is 17.1 Å². The molecule has 498 valence electrons. The Morgan fingerprint density at radius 3 is 1.45 bits per heavy atom. The maximum absolute atomic E-state index is 12.1. The molecular weight excluding hydrogens is 1230 g/mol. The van der Waals surface area contributed by atoms with E-state index in [9.17, 15) is 4.79 Å². The summed E-state index contributed by atoms with van der Waals surface area (Å²) >= 11 is 0. The molecule has 15 rings (SSSR count). The Bertz CT molecular complexity index is 4500. The molecule has 97 heavy (non-hydrogen) atoms. The predicted octanol–water partition coefficient (Wildman–Crippen LogP) is 12.0. The van der Waals surface area contributed by atoms with Crippen LogP contribution in [0.15, 0.2) is 170 Å². The molecule has 0 bridgehead atoms. The van der Waals surface area contributed by atoms with Gasteiger partial charge in [0.1, 0.15) is 11.4 Å². The van der Waals surface area contributed by atoms with Crippen LogP contribution < -0.4 is 70.0 Å². The molecule has 0 spiro atoms. The van der Waals surface area contributed by atoms with Crippen molar-refractivity contribution in [2.45, 2.75) is 85.2 Å². The Morgan fingerprint density at radius 2 is 0.928 bits per heavy atom. The van der Waals surface area contributed by atoms with Crippen LogP contribution in [0.2, 0.25) is 0 Å². The zero-order valence-electron chi connectivity index (χ0n) is 55.8. The molecule has 8 aromatic carbocycles. The highest BCUT2D eigenvalue weighted by Crippen LogP contribution is 2.42. The van der Waals surface area contributed by atoms with Gasteiger partial charge in [-0.2, -0.15) is 20.4 Å². The van der Waals surface area contributed by atoms with E-state index >= 15 is 0 Å². The van der Waals surface area contributed by atoms with Crippen molar-refractivity contribution in [2.24, 2.45) is 30.6 Å². The van der Waals surface area contributed by atoms with Gasteiger partial charge in [0, 0.05) is 98.3 Å². The number of anilines is 3. The Morgan fingerprint density at radius 1 is 0.495 bits per heavy atom. The summed E-state index contributed by atoms with van der Waals surface area (Å²) in [6.07, 6.45) is 3.22. The third-order valence-corrected chi connectivity index (χ3v) is 17.3. The van der Waals surface area contributed by atoms with Gasteiger partial charge in [-0.25, -0.2) is 5.01 Å². The number of rotatable bonds is 9. The van der Waals surface area contributed by atoms with Crippen LogP contribution in [0, 0.1) is 0 Å². The van der Waals surface area contributed by atoms with Crippen molar-refractivity contribution in [1.82, 2.24) is 10.4 Å². The first kappa shape index (κ1) is 65.5. The van der Waals surface area contributed by atoms with Crippen molar-refractivity contribution in [2.75, 3.05) is 66.0 Å². The third-order valence-electron chi connectivity index (χ3n) is 17.3. The van der Waals surface area contributed by atoms with Gasteiger partial charge in [-0.15, -0.1) is 10.2 Å². The predicted molar refractivity (Wildman–Crippen MR) is 377 cm³/mol. The summed E-state index contributed by atoms with van der Waals surface area (Å²) < 4.78 is 55.0. The number of ether oxygens (including phenoxy) is 10. The molecule has 8 aromatic rings. The van der Waals surface area contributed by atoms with Crippen molar-refractivity contribution in [3.63, 3.8) is 0 Å². The Balaban J connectivity index is 0.000000124. The Kier molecular flexibility index (Phi) is 19.3. The number of nitrogens with zero attached hydrogens (tertiary/aromatic N) is 7. The second-order valence-electron chi connectivity index (χ2n) is 24.0. The van der Waals surface area contributed by atoms with E-state index in [1.165, 1.54) is 12.5 Å². The second kappa shape index (κ2) is 28.6. The van der Waals surface area contributed by atoms with Gasteiger partial charge in [-0.05, 0) is 172 Å². The number of methoxy groups -OCH3 is 4. The molecule has 22 heteroatoms. The average molecular weight is 1310 g/mol. The Labute approximate surface area is 563 Å². The van der Waals surface area contributed by atoms with Crippen LogP contribution in [0.1, 0.15) is 121 Å². The Hall–Kier alpha value is -11.6. The van der Waals surface area contributed by atoms with E-state index in [-0.39, 0.29) is 44.3 Å². The number of nitrogens with one attached hydrogen (secondary N) is 1. The van der Waals surface area contributed by atoms with Gasteiger partial charge in [-0.3, -0.25) is 4.79 Å². The highest BCUT2D eigenvalue weighted by molar-refractivity contribution is 6.18. The van der Waals surface area contributed by atoms with E-state index in [0.29, 0.717) is 40.9 Å². The summed E-state index contributed by atoms with van der Waals surface area (Å²) in [5.41, 5.74) is 40.2. The third kappa shape index (κ3) is 14.0. The molecule has 0 radical (unpaired) electrons. The van der Waals surface area contributed by atoms with Crippen molar-refractivity contribution >= 4 is 57.2 Å². The van der Waals surface area contributed by atoms with Crippen molar-refractivity contribution in [3.05, 3.63) is 206 Å². The minimum Gasteiger partial charge on any atom is -0.493 e. The van der Waals surface area contributed by atoms with E-state index in [2.05, 4.69) is 55.9 Å². The fourth-order valence-electron chi connectivity index (χ4n) is 12.4. The minimum atomic E-state index is -0.0895. The second-order valence-corrected chi connectivity index (χ2v) is 24.0. The van der Waals surface area contributed by atoms with Crippen LogP contribution >= 0.6 is 0 Å². The van der Waals surface area contributed by atoms with Gasteiger partial charge < -0.3 is 70.0 Å². The summed E-state index contributed by atoms with van der Waals surface area (Å²) in [5, 5.41) is 28.7. The largest absolute Gasteiger partial charge is 0.493 e. The number of benzene rings is 8. The first-order valence-corrected chi connectivity index (χ1v) is 31.8. The van der Waals surface area contributed by atoms with Crippen molar-refractivity contribution in [3.8, 4) is 57.5 Å². The maximum atomic E-state index is 12.1. The molecule has 7 heterocycles. The molecule has 0 saturated heterocycles. The number of nitrogens with two attached hydrogens (primary N) is 3. The monoisotopic (exact) mass is 1310 g/mol. The lowest BCUT2D eigenvalue weighted by Crippen LogP contribution is -2.33. The smallest absolute Gasteiger partial charge is 0.239 e. The van der Waals surface area contributed by atoms with Crippen LogP contribution in [0.5, 0.6) is 57.5 Å². The van der Waals surface area contributed by atoms with E-state index in [4.69, 9.17) is 64.6 Å². The van der Waals surface area contributed by atoms with Crippen LogP contribution in [-0.2, 0) is 24.1 Å². The number of fused-ring (bicyclic) bond motifs is 7. The zero-order chi connectivity index (χ0) is 68.0. The van der Waals surface area contributed by atoms with Crippen molar-refractivity contribution < 1.29 is 52.2 Å². The zero-order valence-corrected chi connectivity index (χ0v) is 55.8. The number of amides is 1. The molecule has 1 amide bonds. The molecule has 0 aliphatic carbocycles. The topological polar surface area (TPSA) is 277 Å². The molecular formula is C75H77N11O11. The van der Waals surface area contributed by atoms with Gasteiger partial charge in [0.25, 0.3) is 0 Å². The number of carbonyl (C=O) groups is 1. The number of hydrogen-bond donors (Lipinski definition) is 4. The lowest BCUT2D eigenvalue weighted by atomic mass is 9.85. The van der Waals surface area contributed by atoms with Gasteiger partial charge in [-0.1, -0.05) is 43.3 Å². The molecule has 3 atom stereocenters. The van der Waals surface area contributed by atoms with Crippen LogP contribution in [-0.4, -0.2) is 106 Å². The maximum Gasteiger partial charge on any atom is 0.239 e. The number of hydrazone groups is 2. The number of hydrogen-bond acceptors (Lipinski definition) is 21. The van der Waals surface area contributed by atoms with Gasteiger partial charge in [0.05, 0.1) is 45.9 Å².